The molecule has 3 rings (SSSR count). The fourth-order valence-electron chi connectivity index (χ4n) is 2.99. The monoisotopic (exact) mass is 477 g/mol. The van der Waals surface area contributed by atoms with Gasteiger partial charge >= 0.3 is 6.18 Å². The van der Waals surface area contributed by atoms with Crippen LogP contribution in [-0.2, 0) is 20.4 Å². The molecule has 0 saturated carbocycles. The Morgan fingerprint density at radius 2 is 1.97 bits per heavy atom. The summed E-state index contributed by atoms with van der Waals surface area (Å²) in [5.41, 5.74) is 4.69. The number of nitrogens with two attached hydrogens (primary N) is 1. The second-order valence-electron chi connectivity index (χ2n) is 7.02. The molecule has 2 aromatic carbocycles. The summed E-state index contributed by atoms with van der Waals surface area (Å²) in [6.45, 7) is 1.94. The fourth-order valence-corrected chi connectivity index (χ4v) is 4.41. The molecule has 0 aromatic heterocycles. The number of aliphatic hydroxyl groups excluding tert-OH is 1. The van der Waals surface area contributed by atoms with Gasteiger partial charge in [-0.15, -0.1) is 0 Å². The highest BCUT2D eigenvalue weighted by molar-refractivity contribution is 7.99. The average molecular weight is 478 g/mol. The first-order valence-electron chi connectivity index (χ1n) is 9.58. The standard InChI is InChI=1S/C21H23ClF3NO4S/c1-12-18(11-28-19(29-12)13-5-3-2-4-6-13)30-20(17(27)10-26)31-14-7-8-15(16(22)9-14)21(23,24)25/h2-9,12,17-20,27H,10-11,26H2,1H3/t12?,17-,18?,19?,20?/m0/s1. The Morgan fingerprint density at radius 3 is 2.55 bits per heavy atom. The summed E-state index contributed by atoms with van der Waals surface area (Å²) < 4.78 is 56.5. The van der Waals surface area contributed by atoms with Crippen LogP contribution in [0.4, 0.5) is 13.2 Å². The lowest BCUT2D eigenvalue weighted by Crippen LogP contribution is -2.45. The van der Waals surface area contributed by atoms with Crippen LogP contribution in [0, 0.1) is 0 Å². The van der Waals surface area contributed by atoms with Crippen LogP contribution < -0.4 is 5.73 Å². The zero-order valence-corrected chi connectivity index (χ0v) is 18.2. The maximum atomic E-state index is 12.9. The Balaban J connectivity index is 1.67. The normalized spacial score (nSPS) is 24.0. The van der Waals surface area contributed by atoms with E-state index in [0.29, 0.717) is 4.90 Å². The molecule has 31 heavy (non-hydrogen) atoms. The average Bonchev–Trinajstić information content (AvgIpc) is 2.73. The van der Waals surface area contributed by atoms with E-state index in [1.807, 2.05) is 37.3 Å². The molecule has 3 N–H and O–H groups in total. The highest BCUT2D eigenvalue weighted by atomic mass is 35.5. The summed E-state index contributed by atoms with van der Waals surface area (Å²) in [5, 5.41) is 9.88. The number of hydrogen-bond donors (Lipinski definition) is 2. The lowest BCUT2D eigenvalue weighted by Gasteiger charge is -2.37. The molecule has 1 saturated heterocycles. The largest absolute Gasteiger partial charge is 0.417 e. The predicted molar refractivity (Wildman–Crippen MR) is 112 cm³/mol. The van der Waals surface area contributed by atoms with Gasteiger partial charge in [-0.05, 0) is 25.1 Å². The molecule has 0 aliphatic carbocycles. The SMILES string of the molecule is CC1OC(c2ccccc2)OCC1OC(Sc1ccc(C(F)(F)F)c(Cl)c1)[C@@H](O)CN. The van der Waals surface area contributed by atoms with Crippen LogP contribution in [-0.4, -0.2) is 42.0 Å². The van der Waals surface area contributed by atoms with E-state index in [1.165, 1.54) is 12.1 Å². The molecule has 1 heterocycles. The van der Waals surface area contributed by atoms with E-state index in [4.69, 9.17) is 31.5 Å². The Kier molecular flexibility index (Phi) is 8.25. The minimum absolute atomic E-state index is 0.0957. The molecule has 5 atom stereocenters. The maximum absolute atomic E-state index is 12.9. The second-order valence-corrected chi connectivity index (χ2v) is 8.60. The molecule has 2 aromatic rings. The van der Waals surface area contributed by atoms with E-state index >= 15 is 0 Å². The number of alkyl halides is 3. The van der Waals surface area contributed by atoms with Crippen molar-refractivity contribution in [3.05, 3.63) is 64.7 Å². The number of halogens is 4. The molecule has 10 heteroatoms. The van der Waals surface area contributed by atoms with Gasteiger partial charge in [0, 0.05) is 17.0 Å². The molecule has 0 spiro atoms. The van der Waals surface area contributed by atoms with E-state index in [1.54, 1.807) is 0 Å². The van der Waals surface area contributed by atoms with Crippen molar-refractivity contribution in [3.8, 4) is 0 Å². The van der Waals surface area contributed by atoms with Crippen molar-refractivity contribution in [1.82, 2.24) is 0 Å². The molecular weight excluding hydrogens is 455 g/mol. The minimum atomic E-state index is -4.55. The summed E-state index contributed by atoms with van der Waals surface area (Å²) in [4.78, 5) is 0.406. The first kappa shape index (κ1) is 24.3. The fraction of sp³-hybridized carbons (Fsp3) is 0.429. The molecule has 1 aliphatic heterocycles. The van der Waals surface area contributed by atoms with E-state index in [2.05, 4.69) is 0 Å². The van der Waals surface area contributed by atoms with E-state index in [9.17, 15) is 18.3 Å². The second kappa shape index (κ2) is 10.5. The van der Waals surface area contributed by atoms with Crippen LogP contribution >= 0.6 is 23.4 Å². The Labute approximate surface area is 187 Å². The van der Waals surface area contributed by atoms with Crippen molar-refractivity contribution in [3.63, 3.8) is 0 Å². The maximum Gasteiger partial charge on any atom is 0.417 e. The number of ether oxygens (including phenoxy) is 3. The van der Waals surface area contributed by atoms with Crippen molar-refractivity contribution in [1.29, 1.82) is 0 Å². The first-order valence-corrected chi connectivity index (χ1v) is 10.8. The van der Waals surface area contributed by atoms with Gasteiger partial charge in [0.05, 0.1) is 23.3 Å². The van der Waals surface area contributed by atoms with Crippen LogP contribution in [0.5, 0.6) is 0 Å². The van der Waals surface area contributed by atoms with Gasteiger partial charge < -0.3 is 25.1 Å². The highest BCUT2D eigenvalue weighted by Gasteiger charge is 2.35. The lowest BCUT2D eigenvalue weighted by molar-refractivity contribution is -0.266. The summed E-state index contributed by atoms with van der Waals surface area (Å²) in [6, 6.07) is 12.8. The molecule has 4 unspecified atom stereocenters. The lowest BCUT2D eigenvalue weighted by atomic mass is 10.1. The Hall–Kier alpha value is -1.33. The van der Waals surface area contributed by atoms with Crippen LogP contribution in [0.1, 0.15) is 24.3 Å². The molecule has 0 bridgehead atoms. The van der Waals surface area contributed by atoms with Crippen LogP contribution in [0.25, 0.3) is 0 Å². The smallest absolute Gasteiger partial charge is 0.388 e. The van der Waals surface area contributed by atoms with Gasteiger partial charge in [-0.25, -0.2) is 0 Å². The zero-order valence-electron chi connectivity index (χ0n) is 16.6. The number of hydrogen-bond acceptors (Lipinski definition) is 6. The third kappa shape index (κ3) is 6.35. The molecule has 5 nitrogen and oxygen atoms in total. The molecule has 0 amide bonds. The van der Waals surface area contributed by atoms with Gasteiger partial charge in [0.1, 0.15) is 17.6 Å². The van der Waals surface area contributed by atoms with Gasteiger partial charge in [0.25, 0.3) is 0 Å². The number of benzene rings is 2. The van der Waals surface area contributed by atoms with Gasteiger partial charge in [0.15, 0.2) is 6.29 Å². The van der Waals surface area contributed by atoms with Gasteiger partial charge in [-0.3, -0.25) is 0 Å². The van der Waals surface area contributed by atoms with Gasteiger partial charge in [-0.1, -0.05) is 53.7 Å². The summed E-state index contributed by atoms with van der Waals surface area (Å²) in [5.74, 6) is 0. The third-order valence-electron chi connectivity index (χ3n) is 4.71. The van der Waals surface area contributed by atoms with Crippen molar-refractivity contribution >= 4 is 23.4 Å². The third-order valence-corrected chi connectivity index (χ3v) is 6.20. The number of rotatable bonds is 7. The highest BCUT2D eigenvalue weighted by Crippen LogP contribution is 2.38. The number of thioether (sulfide) groups is 1. The Bertz CT molecular complexity index is 858. The van der Waals surface area contributed by atoms with E-state index in [0.717, 1.165) is 23.4 Å². The quantitative estimate of drug-likeness (QED) is 0.448. The van der Waals surface area contributed by atoms with E-state index in [-0.39, 0.29) is 19.3 Å². The van der Waals surface area contributed by atoms with Crippen molar-refractivity contribution in [2.45, 2.75) is 48.0 Å². The molecule has 170 valence electrons. The molecule has 0 radical (unpaired) electrons. The topological polar surface area (TPSA) is 73.9 Å². The van der Waals surface area contributed by atoms with Gasteiger partial charge in [-0.2, -0.15) is 13.2 Å². The van der Waals surface area contributed by atoms with Crippen molar-refractivity contribution in [2.75, 3.05) is 13.2 Å². The molecule has 1 aliphatic rings. The Morgan fingerprint density at radius 1 is 1.26 bits per heavy atom. The van der Waals surface area contributed by atoms with Crippen molar-refractivity contribution in [2.24, 2.45) is 5.73 Å². The number of aliphatic hydroxyl groups is 1. The van der Waals surface area contributed by atoms with Crippen LogP contribution in [0.3, 0.4) is 0 Å². The summed E-state index contributed by atoms with van der Waals surface area (Å²) in [7, 11) is 0. The minimum Gasteiger partial charge on any atom is -0.388 e. The van der Waals surface area contributed by atoms with Crippen molar-refractivity contribution < 1.29 is 32.5 Å². The van der Waals surface area contributed by atoms with Crippen LogP contribution in [0.2, 0.25) is 5.02 Å². The van der Waals surface area contributed by atoms with E-state index < -0.39 is 40.7 Å². The molecular formula is C21H23ClF3NO4S. The van der Waals surface area contributed by atoms with Crippen LogP contribution in [0.15, 0.2) is 53.4 Å². The van der Waals surface area contributed by atoms with Gasteiger partial charge in [0.2, 0.25) is 0 Å². The predicted octanol–water partition coefficient (Wildman–Crippen LogP) is 4.62. The summed E-state index contributed by atoms with van der Waals surface area (Å²) in [6.07, 6.45) is -7.01. The summed E-state index contributed by atoms with van der Waals surface area (Å²) >= 11 is 6.83. The first-order chi connectivity index (χ1) is 14.7. The zero-order chi connectivity index (χ0) is 22.6. The molecule has 1 fully saturated rings.